The summed E-state index contributed by atoms with van der Waals surface area (Å²) in [6, 6.07) is 75.3. The van der Waals surface area contributed by atoms with Crippen LogP contribution in [0.15, 0.2) is 215 Å². The quantitative estimate of drug-likeness (QED) is 0.179. The highest BCUT2D eigenvalue weighted by atomic mass is 16.3. The van der Waals surface area contributed by atoms with Crippen LogP contribution in [0.5, 0.6) is 0 Å². The number of hydrogen-bond donors (Lipinski definition) is 0. The molecule has 0 amide bonds. The largest absolute Gasteiger partial charge is 0.456 e. The van der Waals surface area contributed by atoms with Gasteiger partial charge in [0.25, 0.3) is 0 Å². The van der Waals surface area contributed by atoms with Gasteiger partial charge in [0.1, 0.15) is 22.3 Å². The lowest BCUT2D eigenvalue weighted by atomic mass is 9.67. The van der Waals surface area contributed by atoms with Gasteiger partial charge in [-0.15, -0.1) is 0 Å². The first-order valence-electron chi connectivity index (χ1n) is 20.3. The second-order valence-corrected chi connectivity index (χ2v) is 15.9. The molecular weight excluding hydrogens is 717 g/mol. The summed E-state index contributed by atoms with van der Waals surface area (Å²) in [6.45, 7) is 0. The molecule has 10 aromatic carbocycles. The lowest BCUT2D eigenvalue weighted by Gasteiger charge is -2.34. The molecule has 2 aromatic heterocycles. The van der Waals surface area contributed by atoms with Gasteiger partial charge in [0.2, 0.25) is 0 Å². The van der Waals surface area contributed by atoms with Crippen molar-refractivity contribution in [3.8, 4) is 33.4 Å². The molecule has 13 rings (SSSR count). The molecule has 0 bridgehead atoms. The van der Waals surface area contributed by atoms with Crippen LogP contribution in [0, 0.1) is 0 Å². The highest BCUT2D eigenvalue weighted by Gasteiger charge is 2.47. The minimum Gasteiger partial charge on any atom is -0.456 e. The van der Waals surface area contributed by atoms with Crippen LogP contribution in [0.1, 0.15) is 22.3 Å². The minimum absolute atomic E-state index is 0.554. The molecule has 0 aliphatic heterocycles. The van der Waals surface area contributed by atoms with Gasteiger partial charge >= 0.3 is 0 Å². The van der Waals surface area contributed by atoms with E-state index < -0.39 is 5.41 Å². The molecule has 2 heterocycles. The third-order valence-corrected chi connectivity index (χ3v) is 12.9. The van der Waals surface area contributed by atoms with E-state index in [1.165, 1.54) is 66.1 Å². The van der Waals surface area contributed by atoms with E-state index in [1.807, 2.05) is 6.07 Å². The van der Waals surface area contributed by atoms with Gasteiger partial charge in [-0.05, 0) is 126 Å². The van der Waals surface area contributed by atoms with Gasteiger partial charge in [0.05, 0.1) is 5.41 Å². The van der Waals surface area contributed by atoms with Crippen LogP contribution in [-0.2, 0) is 5.41 Å². The summed E-state index contributed by atoms with van der Waals surface area (Å²) in [6.07, 6.45) is 0. The van der Waals surface area contributed by atoms with Crippen LogP contribution in [0.2, 0.25) is 0 Å². The van der Waals surface area contributed by atoms with Crippen molar-refractivity contribution in [2.75, 3.05) is 0 Å². The van der Waals surface area contributed by atoms with Crippen molar-refractivity contribution >= 4 is 65.4 Å². The molecule has 0 saturated heterocycles. The topological polar surface area (TPSA) is 26.3 Å². The Balaban J connectivity index is 1.16. The molecule has 0 spiro atoms. The summed E-state index contributed by atoms with van der Waals surface area (Å²) in [5, 5.41) is 9.30. The Labute approximate surface area is 340 Å². The van der Waals surface area contributed by atoms with Gasteiger partial charge in [0.15, 0.2) is 0 Å². The lowest BCUT2D eigenvalue weighted by molar-refractivity contribution is 0.669. The van der Waals surface area contributed by atoms with Crippen LogP contribution >= 0.6 is 0 Å². The maximum atomic E-state index is 6.56. The first-order chi connectivity index (χ1) is 29.2. The fraction of sp³-hybridized carbons (Fsp3) is 0.0175. The average Bonchev–Trinajstić information content (AvgIpc) is 3.95. The summed E-state index contributed by atoms with van der Waals surface area (Å²) in [5.41, 5.74) is 15.4. The molecule has 2 nitrogen and oxygen atoms in total. The second kappa shape index (κ2) is 12.2. The van der Waals surface area contributed by atoms with Crippen molar-refractivity contribution in [1.82, 2.24) is 0 Å². The standard InChI is InChI=1S/C57H34O2/c1-3-16-40(17-4-1)57(41-18-5-2-6-19-41)48-23-11-9-21-45(48)56-49(57)33-39-30-37(42-22-13-25-52-55(42)47-31-35-14-7-8-15-36(35)34-53(47)59-52)26-28-43(39)54(56)38-27-29-51-46(32-38)44-20-10-12-24-50(44)58-51/h1-34H. The summed E-state index contributed by atoms with van der Waals surface area (Å²) in [5.74, 6) is 0. The van der Waals surface area contributed by atoms with Gasteiger partial charge in [0, 0.05) is 21.5 Å². The molecule has 0 unspecified atom stereocenters. The molecule has 1 aliphatic carbocycles. The van der Waals surface area contributed by atoms with E-state index in [2.05, 4.69) is 200 Å². The van der Waals surface area contributed by atoms with Crippen LogP contribution in [0.25, 0.3) is 98.8 Å². The number of rotatable bonds is 4. The summed E-state index contributed by atoms with van der Waals surface area (Å²) in [4.78, 5) is 0. The molecular formula is C57H34O2. The van der Waals surface area contributed by atoms with Crippen LogP contribution in [0.4, 0.5) is 0 Å². The summed E-state index contributed by atoms with van der Waals surface area (Å²) in [7, 11) is 0. The zero-order chi connectivity index (χ0) is 38.7. The first kappa shape index (κ1) is 32.4. The predicted octanol–water partition coefficient (Wildman–Crippen LogP) is 15.5. The van der Waals surface area contributed by atoms with Gasteiger partial charge in [-0.1, -0.05) is 158 Å². The molecule has 1 aliphatic rings. The third kappa shape index (κ3) is 4.51. The maximum absolute atomic E-state index is 6.56. The number of para-hydroxylation sites is 1. The Bertz CT molecular complexity index is 3620. The normalized spacial score (nSPS) is 13.2. The van der Waals surface area contributed by atoms with Gasteiger partial charge in [-0.3, -0.25) is 0 Å². The molecule has 59 heavy (non-hydrogen) atoms. The zero-order valence-corrected chi connectivity index (χ0v) is 31.9. The van der Waals surface area contributed by atoms with Crippen LogP contribution in [-0.4, -0.2) is 0 Å². The summed E-state index contributed by atoms with van der Waals surface area (Å²) >= 11 is 0. The lowest BCUT2D eigenvalue weighted by Crippen LogP contribution is -2.28. The number of fused-ring (bicyclic) bond motifs is 11. The average molecular weight is 751 g/mol. The van der Waals surface area contributed by atoms with Crippen molar-refractivity contribution in [1.29, 1.82) is 0 Å². The van der Waals surface area contributed by atoms with Gasteiger partial charge < -0.3 is 8.83 Å². The van der Waals surface area contributed by atoms with Crippen molar-refractivity contribution in [3.63, 3.8) is 0 Å². The fourth-order valence-corrected chi connectivity index (χ4v) is 10.4. The predicted molar refractivity (Wildman–Crippen MR) is 244 cm³/mol. The summed E-state index contributed by atoms with van der Waals surface area (Å²) < 4.78 is 12.9. The smallest absolute Gasteiger partial charge is 0.136 e. The van der Waals surface area contributed by atoms with E-state index >= 15 is 0 Å². The van der Waals surface area contributed by atoms with Crippen molar-refractivity contribution in [2.24, 2.45) is 0 Å². The van der Waals surface area contributed by atoms with E-state index in [0.29, 0.717) is 0 Å². The van der Waals surface area contributed by atoms with Crippen molar-refractivity contribution < 1.29 is 8.83 Å². The molecule has 0 atom stereocenters. The van der Waals surface area contributed by atoms with E-state index in [-0.39, 0.29) is 0 Å². The minimum atomic E-state index is -0.554. The SMILES string of the molecule is c1ccc(C2(c3ccccc3)c3ccccc3-c3c2cc2cc(-c4cccc5oc6cc7ccccc7cc6c45)ccc2c3-c2ccc3oc4ccccc4c3c2)cc1. The molecule has 274 valence electrons. The van der Waals surface area contributed by atoms with Crippen molar-refractivity contribution in [3.05, 3.63) is 229 Å². The van der Waals surface area contributed by atoms with Crippen LogP contribution < -0.4 is 0 Å². The monoisotopic (exact) mass is 750 g/mol. The molecule has 12 aromatic rings. The highest BCUT2D eigenvalue weighted by molar-refractivity contribution is 6.17. The Morgan fingerprint density at radius 2 is 0.949 bits per heavy atom. The van der Waals surface area contributed by atoms with Gasteiger partial charge in [-0.25, -0.2) is 0 Å². The number of hydrogen-bond acceptors (Lipinski definition) is 2. The Hall–Kier alpha value is -7.68. The van der Waals surface area contributed by atoms with Crippen LogP contribution in [0.3, 0.4) is 0 Å². The Kier molecular flexibility index (Phi) is 6.68. The Morgan fingerprint density at radius 3 is 1.78 bits per heavy atom. The Morgan fingerprint density at radius 1 is 0.305 bits per heavy atom. The molecule has 2 heteroatoms. The third-order valence-electron chi connectivity index (χ3n) is 12.9. The van der Waals surface area contributed by atoms with E-state index in [0.717, 1.165) is 55.0 Å². The van der Waals surface area contributed by atoms with Crippen molar-refractivity contribution in [2.45, 2.75) is 5.41 Å². The molecule has 0 saturated carbocycles. The molecule has 0 N–H and O–H groups in total. The second-order valence-electron chi connectivity index (χ2n) is 15.9. The van der Waals surface area contributed by atoms with Gasteiger partial charge in [-0.2, -0.15) is 0 Å². The van der Waals surface area contributed by atoms with E-state index in [4.69, 9.17) is 8.83 Å². The zero-order valence-electron chi connectivity index (χ0n) is 31.9. The molecule has 0 fully saturated rings. The van der Waals surface area contributed by atoms with E-state index in [1.54, 1.807) is 0 Å². The van der Waals surface area contributed by atoms with E-state index in [9.17, 15) is 0 Å². The first-order valence-corrected chi connectivity index (χ1v) is 20.3. The maximum Gasteiger partial charge on any atom is 0.136 e. The fourth-order valence-electron chi connectivity index (χ4n) is 10.4. The number of benzene rings is 10. The molecule has 0 radical (unpaired) electrons. The highest BCUT2D eigenvalue weighted by Crippen LogP contribution is 2.60. The number of furan rings is 2.